The SMILES string of the molecule is CCC(c1ccccc1)n1c(N)nc2nc[nH]c2c1=O. The first-order chi connectivity index (χ1) is 9.72. The molecule has 3 N–H and O–H groups in total. The first-order valence-corrected chi connectivity index (χ1v) is 6.48. The van der Waals surface area contributed by atoms with Crippen molar-refractivity contribution in [2.45, 2.75) is 19.4 Å². The molecule has 0 aliphatic heterocycles. The number of imidazole rings is 1. The predicted molar refractivity (Wildman–Crippen MR) is 77.4 cm³/mol. The molecule has 3 aromatic rings. The molecule has 20 heavy (non-hydrogen) atoms. The Morgan fingerprint density at radius 1 is 1.35 bits per heavy atom. The van der Waals surface area contributed by atoms with Gasteiger partial charge in [-0.25, -0.2) is 4.98 Å². The van der Waals surface area contributed by atoms with Crippen molar-refractivity contribution in [3.63, 3.8) is 0 Å². The average Bonchev–Trinajstić information content (AvgIpc) is 2.92. The Kier molecular flexibility index (Phi) is 2.98. The van der Waals surface area contributed by atoms with Crippen molar-refractivity contribution in [1.29, 1.82) is 0 Å². The van der Waals surface area contributed by atoms with Crippen LogP contribution in [-0.4, -0.2) is 19.5 Å². The highest BCUT2D eigenvalue weighted by Crippen LogP contribution is 2.22. The van der Waals surface area contributed by atoms with E-state index in [1.807, 2.05) is 37.3 Å². The summed E-state index contributed by atoms with van der Waals surface area (Å²) in [6.45, 7) is 2.01. The summed E-state index contributed by atoms with van der Waals surface area (Å²) in [6, 6.07) is 9.67. The lowest BCUT2D eigenvalue weighted by molar-refractivity contribution is 0.553. The fourth-order valence-corrected chi connectivity index (χ4v) is 2.46. The molecule has 2 aromatic heterocycles. The van der Waals surface area contributed by atoms with Gasteiger partial charge in [-0.3, -0.25) is 9.36 Å². The minimum atomic E-state index is -0.194. The van der Waals surface area contributed by atoms with Crippen LogP contribution in [-0.2, 0) is 0 Å². The molecule has 0 aliphatic carbocycles. The molecule has 1 unspecified atom stereocenters. The number of H-pyrrole nitrogens is 1. The zero-order valence-electron chi connectivity index (χ0n) is 11.1. The fourth-order valence-electron chi connectivity index (χ4n) is 2.46. The molecule has 0 bridgehead atoms. The van der Waals surface area contributed by atoms with E-state index in [-0.39, 0.29) is 17.5 Å². The van der Waals surface area contributed by atoms with Gasteiger partial charge in [0.2, 0.25) is 5.95 Å². The van der Waals surface area contributed by atoms with Gasteiger partial charge in [-0.1, -0.05) is 37.3 Å². The standard InChI is InChI=1S/C14H15N5O/c1-2-10(9-6-4-3-5-7-9)19-13(20)11-12(17-8-16-11)18-14(19)15/h3-8,10H,2H2,1H3,(H2,15,18)(H,16,17). The molecule has 1 atom stereocenters. The Hall–Kier alpha value is -2.63. The number of anilines is 1. The van der Waals surface area contributed by atoms with Gasteiger partial charge in [-0.15, -0.1) is 0 Å². The van der Waals surface area contributed by atoms with E-state index >= 15 is 0 Å². The Labute approximate surface area is 115 Å². The van der Waals surface area contributed by atoms with E-state index < -0.39 is 0 Å². The van der Waals surface area contributed by atoms with Crippen LogP contribution in [0.25, 0.3) is 11.2 Å². The fraction of sp³-hybridized carbons (Fsp3) is 0.214. The normalized spacial score (nSPS) is 12.7. The van der Waals surface area contributed by atoms with Crippen LogP contribution in [0, 0.1) is 0 Å². The molecular formula is C14H15N5O. The summed E-state index contributed by atoms with van der Waals surface area (Å²) < 4.78 is 1.52. The maximum absolute atomic E-state index is 12.6. The smallest absolute Gasteiger partial charge is 0.281 e. The topological polar surface area (TPSA) is 89.6 Å². The third-order valence-corrected chi connectivity index (χ3v) is 3.40. The van der Waals surface area contributed by atoms with E-state index in [0.717, 1.165) is 12.0 Å². The summed E-state index contributed by atoms with van der Waals surface area (Å²) >= 11 is 0. The third kappa shape index (κ3) is 1.85. The van der Waals surface area contributed by atoms with Crippen molar-refractivity contribution in [3.8, 4) is 0 Å². The van der Waals surface area contributed by atoms with Gasteiger partial charge >= 0.3 is 0 Å². The Balaban J connectivity index is 2.24. The molecule has 1 aromatic carbocycles. The number of benzene rings is 1. The van der Waals surface area contributed by atoms with Crippen LogP contribution < -0.4 is 11.3 Å². The molecule has 0 amide bonds. The van der Waals surface area contributed by atoms with E-state index in [9.17, 15) is 4.79 Å². The van der Waals surface area contributed by atoms with Crippen molar-refractivity contribution in [1.82, 2.24) is 19.5 Å². The third-order valence-electron chi connectivity index (χ3n) is 3.40. The van der Waals surface area contributed by atoms with E-state index in [0.29, 0.717) is 11.2 Å². The zero-order valence-corrected chi connectivity index (χ0v) is 11.1. The quantitative estimate of drug-likeness (QED) is 0.757. The largest absolute Gasteiger partial charge is 0.369 e. The minimum Gasteiger partial charge on any atom is -0.369 e. The number of nitrogens with one attached hydrogen (secondary N) is 1. The minimum absolute atomic E-state index is 0.135. The van der Waals surface area contributed by atoms with Crippen LogP contribution in [0.4, 0.5) is 5.95 Å². The number of aromatic amines is 1. The van der Waals surface area contributed by atoms with Crippen LogP contribution in [0.2, 0.25) is 0 Å². The molecule has 6 heteroatoms. The van der Waals surface area contributed by atoms with E-state index in [1.54, 1.807) is 0 Å². The number of nitrogens with two attached hydrogens (primary N) is 1. The molecule has 0 saturated heterocycles. The number of fused-ring (bicyclic) bond motifs is 1. The van der Waals surface area contributed by atoms with Crippen molar-refractivity contribution < 1.29 is 0 Å². The summed E-state index contributed by atoms with van der Waals surface area (Å²) in [5, 5.41) is 0. The first kappa shape index (κ1) is 12.4. The van der Waals surface area contributed by atoms with Crippen LogP contribution >= 0.6 is 0 Å². The summed E-state index contributed by atoms with van der Waals surface area (Å²) in [5.41, 5.74) is 7.53. The molecule has 0 aliphatic rings. The number of nitrogens with zero attached hydrogens (tertiary/aromatic N) is 3. The summed E-state index contributed by atoms with van der Waals surface area (Å²) in [7, 11) is 0. The highest BCUT2D eigenvalue weighted by Gasteiger charge is 2.19. The molecule has 0 saturated carbocycles. The van der Waals surface area contributed by atoms with Gasteiger partial charge in [0, 0.05) is 0 Å². The van der Waals surface area contributed by atoms with Gasteiger partial charge in [0.05, 0.1) is 12.4 Å². The van der Waals surface area contributed by atoms with Gasteiger partial charge in [0.15, 0.2) is 11.2 Å². The summed E-state index contributed by atoms with van der Waals surface area (Å²) in [5.74, 6) is 0.185. The first-order valence-electron chi connectivity index (χ1n) is 6.48. The van der Waals surface area contributed by atoms with Crippen LogP contribution in [0.15, 0.2) is 41.5 Å². The number of hydrogen-bond donors (Lipinski definition) is 2. The molecule has 0 spiro atoms. The molecule has 3 rings (SSSR count). The predicted octanol–water partition coefficient (Wildman–Crippen LogP) is 1.70. The van der Waals surface area contributed by atoms with Gasteiger partial charge in [0.1, 0.15) is 0 Å². The second-order valence-electron chi connectivity index (χ2n) is 4.58. The number of rotatable bonds is 3. The number of nitrogen functional groups attached to an aromatic ring is 1. The van der Waals surface area contributed by atoms with E-state index in [4.69, 9.17) is 5.73 Å². The van der Waals surface area contributed by atoms with E-state index in [2.05, 4.69) is 15.0 Å². The monoisotopic (exact) mass is 269 g/mol. The number of aromatic nitrogens is 4. The van der Waals surface area contributed by atoms with Crippen LogP contribution in [0.3, 0.4) is 0 Å². The van der Waals surface area contributed by atoms with Crippen molar-refractivity contribution in [2.75, 3.05) is 5.73 Å². The molecule has 102 valence electrons. The lowest BCUT2D eigenvalue weighted by Crippen LogP contribution is -2.29. The molecule has 0 fully saturated rings. The lowest BCUT2D eigenvalue weighted by Gasteiger charge is -2.20. The van der Waals surface area contributed by atoms with Crippen molar-refractivity contribution in [2.24, 2.45) is 0 Å². The van der Waals surface area contributed by atoms with E-state index in [1.165, 1.54) is 10.9 Å². The molecule has 6 nitrogen and oxygen atoms in total. The van der Waals surface area contributed by atoms with Gasteiger partial charge in [0.25, 0.3) is 5.56 Å². The second kappa shape index (κ2) is 4.80. The van der Waals surface area contributed by atoms with Crippen molar-refractivity contribution in [3.05, 3.63) is 52.6 Å². The maximum Gasteiger partial charge on any atom is 0.281 e. The lowest BCUT2D eigenvalue weighted by atomic mass is 10.0. The molecular weight excluding hydrogens is 254 g/mol. The van der Waals surface area contributed by atoms with Gasteiger partial charge < -0.3 is 10.7 Å². The Morgan fingerprint density at radius 3 is 2.80 bits per heavy atom. The summed E-state index contributed by atoms with van der Waals surface area (Å²) in [4.78, 5) is 23.5. The van der Waals surface area contributed by atoms with Crippen LogP contribution in [0.5, 0.6) is 0 Å². The second-order valence-corrected chi connectivity index (χ2v) is 4.58. The van der Waals surface area contributed by atoms with Gasteiger partial charge in [-0.2, -0.15) is 4.98 Å². The van der Waals surface area contributed by atoms with Gasteiger partial charge in [-0.05, 0) is 12.0 Å². The molecule has 2 heterocycles. The zero-order chi connectivity index (χ0) is 14.1. The average molecular weight is 269 g/mol. The highest BCUT2D eigenvalue weighted by atomic mass is 16.1. The summed E-state index contributed by atoms with van der Waals surface area (Å²) in [6.07, 6.45) is 2.20. The van der Waals surface area contributed by atoms with Crippen LogP contribution in [0.1, 0.15) is 24.9 Å². The Bertz CT molecular complexity index is 790. The highest BCUT2D eigenvalue weighted by molar-refractivity contribution is 5.69. The Morgan fingerprint density at radius 2 is 2.10 bits per heavy atom. The number of hydrogen-bond acceptors (Lipinski definition) is 4. The maximum atomic E-state index is 12.6. The van der Waals surface area contributed by atoms with Crippen molar-refractivity contribution >= 4 is 17.1 Å². The molecule has 0 radical (unpaired) electrons.